The van der Waals surface area contributed by atoms with Gasteiger partial charge in [-0.2, -0.15) is 0 Å². The van der Waals surface area contributed by atoms with Gasteiger partial charge in [0.1, 0.15) is 0 Å². The summed E-state index contributed by atoms with van der Waals surface area (Å²) in [5.41, 5.74) is 0. The van der Waals surface area contributed by atoms with Gasteiger partial charge in [-0.3, -0.25) is 4.79 Å². The van der Waals surface area contributed by atoms with Gasteiger partial charge in [0.15, 0.2) is 0 Å². The quantitative estimate of drug-likeness (QED) is 0.915. The van der Waals surface area contributed by atoms with Crippen molar-refractivity contribution in [2.75, 3.05) is 26.2 Å². The molecule has 21 heavy (non-hydrogen) atoms. The lowest BCUT2D eigenvalue weighted by molar-refractivity contribution is 0.0950. The number of piperidine rings is 1. The van der Waals surface area contributed by atoms with E-state index in [1.54, 1.807) is 0 Å². The van der Waals surface area contributed by atoms with Crippen molar-refractivity contribution in [1.29, 1.82) is 0 Å². The Morgan fingerprint density at radius 2 is 1.95 bits per heavy atom. The van der Waals surface area contributed by atoms with E-state index < -0.39 is 0 Å². The third-order valence-electron chi connectivity index (χ3n) is 3.99. The highest BCUT2D eigenvalue weighted by molar-refractivity contribution is 7.12. The van der Waals surface area contributed by atoms with Crippen LogP contribution in [-0.2, 0) is 0 Å². The Labute approximate surface area is 133 Å². The van der Waals surface area contributed by atoms with Crippen LogP contribution < -0.4 is 5.32 Å². The summed E-state index contributed by atoms with van der Waals surface area (Å²) in [7, 11) is 0. The zero-order valence-corrected chi connectivity index (χ0v) is 13.6. The van der Waals surface area contributed by atoms with E-state index in [1.165, 1.54) is 29.1 Å². The zero-order valence-electron chi connectivity index (χ0n) is 12.0. The van der Waals surface area contributed by atoms with E-state index in [9.17, 15) is 4.79 Å². The largest absolute Gasteiger partial charge is 0.350 e. The summed E-state index contributed by atoms with van der Waals surface area (Å²) in [6.45, 7) is 3.96. The molecular formula is C16H20N2OS2. The summed E-state index contributed by atoms with van der Waals surface area (Å²) in [4.78, 5) is 16.6. The van der Waals surface area contributed by atoms with E-state index in [0.29, 0.717) is 0 Å². The summed E-state index contributed by atoms with van der Waals surface area (Å²) in [6.07, 6.45) is 2.47. The number of nitrogens with zero attached hydrogens (tertiary/aromatic N) is 1. The number of thiophene rings is 2. The molecule has 1 aliphatic rings. The molecule has 1 N–H and O–H groups in total. The second-order valence-electron chi connectivity index (χ2n) is 5.36. The second kappa shape index (κ2) is 7.20. The number of nitrogens with one attached hydrogen (secondary N) is 1. The van der Waals surface area contributed by atoms with E-state index in [-0.39, 0.29) is 5.91 Å². The van der Waals surface area contributed by atoms with Crippen LogP contribution in [0.2, 0.25) is 0 Å². The summed E-state index contributed by atoms with van der Waals surface area (Å²) in [6, 6.07) is 8.18. The molecule has 0 spiro atoms. The zero-order chi connectivity index (χ0) is 14.5. The van der Waals surface area contributed by atoms with Crippen LogP contribution in [0.3, 0.4) is 0 Å². The smallest absolute Gasteiger partial charge is 0.261 e. The molecule has 0 radical (unpaired) electrons. The number of rotatable bonds is 5. The van der Waals surface area contributed by atoms with Crippen molar-refractivity contribution in [3.05, 3.63) is 44.8 Å². The average molecular weight is 320 g/mol. The normalized spacial score (nSPS) is 17.0. The molecule has 1 fully saturated rings. The Morgan fingerprint density at radius 3 is 2.62 bits per heavy atom. The molecule has 1 saturated heterocycles. The first-order valence-corrected chi connectivity index (χ1v) is 9.16. The lowest BCUT2D eigenvalue weighted by Gasteiger charge is -2.31. The SMILES string of the molecule is O=C(NCCN1CCC(c2cccs2)CC1)c1cccs1. The van der Waals surface area contributed by atoms with E-state index in [0.717, 1.165) is 37.0 Å². The lowest BCUT2D eigenvalue weighted by atomic mass is 9.95. The maximum Gasteiger partial charge on any atom is 0.261 e. The molecule has 0 unspecified atom stereocenters. The molecule has 3 nitrogen and oxygen atoms in total. The van der Waals surface area contributed by atoms with Gasteiger partial charge in [0.2, 0.25) is 0 Å². The maximum absolute atomic E-state index is 11.8. The van der Waals surface area contributed by atoms with E-state index in [4.69, 9.17) is 0 Å². The van der Waals surface area contributed by atoms with E-state index >= 15 is 0 Å². The molecule has 0 aromatic carbocycles. The predicted molar refractivity (Wildman–Crippen MR) is 89.4 cm³/mol. The maximum atomic E-state index is 11.8. The van der Waals surface area contributed by atoms with Crippen molar-refractivity contribution in [1.82, 2.24) is 10.2 Å². The highest BCUT2D eigenvalue weighted by Crippen LogP contribution is 2.30. The monoisotopic (exact) mass is 320 g/mol. The molecular weight excluding hydrogens is 300 g/mol. The predicted octanol–water partition coefficient (Wildman–Crippen LogP) is 3.42. The molecule has 0 bridgehead atoms. The van der Waals surface area contributed by atoms with Crippen LogP contribution in [0.5, 0.6) is 0 Å². The van der Waals surface area contributed by atoms with E-state index in [2.05, 4.69) is 27.7 Å². The third kappa shape index (κ3) is 3.93. The van der Waals surface area contributed by atoms with Gasteiger partial charge in [0, 0.05) is 18.0 Å². The Hall–Kier alpha value is -1.17. The number of carbonyl (C=O) groups is 1. The number of hydrogen-bond donors (Lipinski definition) is 1. The molecule has 1 aliphatic heterocycles. The van der Waals surface area contributed by atoms with Crippen LogP contribution >= 0.6 is 22.7 Å². The number of likely N-dealkylation sites (tertiary alicyclic amines) is 1. The Balaban J connectivity index is 1.37. The van der Waals surface area contributed by atoms with Crippen molar-refractivity contribution in [2.45, 2.75) is 18.8 Å². The summed E-state index contributed by atoms with van der Waals surface area (Å²) >= 11 is 3.37. The molecule has 2 aromatic rings. The number of carbonyl (C=O) groups excluding carboxylic acids is 1. The molecule has 2 aromatic heterocycles. The summed E-state index contributed by atoms with van der Waals surface area (Å²) in [5.74, 6) is 0.792. The van der Waals surface area contributed by atoms with Gasteiger partial charge in [-0.05, 0) is 54.7 Å². The highest BCUT2D eigenvalue weighted by atomic mass is 32.1. The van der Waals surface area contributed by atoms with Crippen molar-refractivity contribution >= 4 is 28.6 Å². The van der Waals surface area contributed by atoms with Gasteiger partial charge in [-0.1, -0.05) is 12.1 Å². The fraction of sp³-hybridized carbons (Fsp3) is 0.438. The van der Waals surface area contributed by atoms with Crippen LogP contribution in [0, 0.1) is 0 Å². The van der Waals surface area contributed by atoms with Crippen LogP contribution in [-0.4, -0.2) is 37.0 Å². The molecule has 0 saturated carbocycles. The molecule has 0 atom stereocenters. The van der Waals surface area contributed by atoms with Crippen LogP contribution in [0.1, 0.15) is 33.3 Å². The lowest BCUT2D eigenvalue weighted by Crippen LogP contribution is -2.39. The first-order valence-electron chi connectivity index (χ1n) is 7.40. The molecule has 3 rings (SSSR count). The molecule has 5 heteroatoms. The van der Waals surface area contributed by atoms with Crippen molar-refractivity contribution in [2.24, 2.45) is 0 Å². The first-order chi connectivity index (χ1) is 10.3. The highest BCUT2D eigenvalue weighted by Gasteiger charge is 2.20. The van der Waals surface area contributed by atoms with E-state index in [1.807, 2.05) is 28.8 Å². The topological polar surface area (TPSA) is 32.3 Å². The summed E-state index contributed by atoms with van der Waals surface area (Å²) in [5, 5.41) is 7.11. The van der Waals surface area contributed by atoms with Gasteiger partial charge in [-0.15, -0.1) is 22.7 Å². The van der Waals surface area contributed by atoms with Crippen LogP contribution in [0.15, 0.2) is 35.0 Å². The molecule has 0 aliphatic carbocycles. The Kier molecular flexibility index (Phi) is 5.06. The van der Waals surface area contributed by atoms with Crippen molar-refractivity contribution in [3.63, 3.8) is 0 Å². The fourth-order valence-electron chi connectivity index (χ4n) is 2.79. The average Bonchev–Trinajstić information content (AvgIpc) is 3.21. The summed E-state index contributed by atoms with van der Waals surface area (Å²) < 4.78 is 0. The van der Waals surface area contributed by atoms with Crippen LogP contribution in [0.25, 0.3) is 0 Å². The molecule has 1 amide bonds. The molecule has 3 heterocycles. The van der Waals surface area contributed by atoms with Gasteiger partial charge >= 0.3 is 0 Å². The second-order valence-corrected chi connectivity index (χ2v) is 7.29. The minimum Gasteiger partial charge on any atom is -0.350 e. The first kappa shape index (κ1) is 14.8. The minimum atomic E-state index is 0.0541. The Bertz CT molecular complexity index is 543. The van der Waals surface area contributed by atoms with Gasteiger partial charge in [-0.25, -0.2) is 0 Å². The van der Waals surface area contributed by atoms with Crippen molar-refractivity contribution in [3.8, 4) is 0 Å². The van der Waals surface area contributed by atoms with Crippen LogP contribution in [0.4, 0.5) is 0 Å². The number of hydrogen-bond acceptors (Lipinski definition) is 4. The number of amides is 1. The Morgan fingerprint density at radius 1 is 1.19 bits per heavy atom. The fourth-order valence-corrected chi connectivity index (χ4v) is 4.33. The minimum absolute atomic E-state index is 0.0541. The molecule has 112 valence electrons. The third-order valence-corrected chi connectivity index (χ3v) is 5.90. The van der Waals surface area contributed by atoms with Gasteiger partial charge < -0.3 is 10.2 Å². The van der Waals surface area contributed by atoms with Gasteiger partial charge in [0.05, 0.1) is 4.88 Å². The standard InChI is InChI=1S/C16H20N2OS2/c19-16(15-4-2-12-21-15)17-7-10-18-8-5-13(6-9-18)14-3-1-11-20-14/h1-4,11-13H,5-10H2,(H,17,19). The van der Waals surface area contributed by atoms with Gasteiger partial charge in [0.25, 0.3) is 5.91 Å². The van der Waals surface area contributed by atoms with Crippen molar-refractivity contribution < 1.29 is 4.79 Å².